The highest BCUT2D eigenvalue weighted by Gasteiger charge is 2.27. The van der Waals surface area contributed by atoms with Crippen LogP contribution in [0.2, 0.25) is 0 Å². The molecule has 0 aromatic heterocycles. The number of hydrazone groups is 1. The van der Waals surface area contributed by atoms with Gasteiger partial charge in [-0.2, -0.15) is 9.41 Å². The van der Waals surface area contributed by atoms with E-state index in [-0.39, 0.29) is 11.4 Å². The monoisotopic (exact) mass is 503 g/mol. The molecule has 1 amide bonds. The molecule has 0 bridgehead atoms. The van der Waals surface area contributed by atoms with E-state index in [1.807, 2.05) is 18.2 Å². The van der Waals surface area contributed by atoms with Crippen molar-refractivity contribution in [1.29, 1.82) is 0 Å². The lowest BCUT2D eigenvalue weighted by Gasteiger charge is -2.21. The van der Waals surface area contributed by atoms with Gasteiger partial charge in [0.05, 0.1) is 17.7 Å². The molecule has 0 radical (unpaired) electrons. The van der Waals surface area contributed by atoms with E-state index >= 15 is 0 Å². The molecule has 0 saturated heterocycles. The Morgan fingerprint density at radius 1 is 1.00 bits per heavy atom. The summed E-state index contributed by atoms with van der Waals surface area (Å²) in [5.74, 6) is -1.15. The molecule has 6 nitrogen and oxygen atoms in total. The molecule has 0 fully saturated rings. The summed E-state index contributed by atoms with van der Waals surface area (Å²) in [6.45, 7) is -0.476. The van der Waals surface area contributed by atoms with Crippen molar-refractivity contribution >= 4 is 38.1 Å². The third-order valence-corrected chi connectivity index (χ3v) is 6.58. The number of benzene rings is 3. The number of hydrogen-bond acceptors (Lipinski definition) is 4. The summed E-state index contributed by atoms with van der Waals surface area (Å²) in [6, 6.07) is 20.6. The summed E-state index contributed by atoms with van der Waals surface area (Å²) in [7, 11) is -4.04. The van der Waals surface area contributed by atoms with Crippen molar-refractivity contribution in [3.63, 3.8) is 0 Å². The Balaban J connectivity index is 1.76. The second-order valence-corrected chi connectivity index (χ2v) is 9.41. The largest absolute Gasteiger partial charge is 0.272 e. The van der Waals surface area contributed by atoms with Gasteiger partial charge >= 0.3 is 0 Å². The van der Waals surface area contributed by atoms with Gasteiger partial charge in [0.25, 0.3) is 5.91 Å². The Morgan fingerprint density at radius 2 is 1.65 bits per heavy atom. The van der Waals surface area contributed by atoms with Gasteiger partial charge in [0.15, 0.2) is 0 Å². The fraction of sp³-hybridized carbons (Fsp3) is 0.0909. The third-order valence-electron chi connectivity index (χ3n) is 4.25. The zero-order chi connectivity index (χ0) is 22.3. The minimum Gasteiger partial charge on any atom is -0.272 e. The van der Waals surface area contributed by atoms with Crippen LogP contribution in [0, 0.1) is 5.82 Å². The highest BCUT2D eigenvalue weighted by Crippen LogP contribution is 2.19. The van der Waals surface area contributed by atoms with Gasteiger partial charge in [0.1, 0.15) is 5.82 Å². The molecule has 3 aromatic carbocycles. The fourth-order valence-corrected chi connectivity index (χ4v) is 4.34. The van der Waals surface area contributed by atoms with E-state index in [9.17, 15) is 17.6 Å². The molecule has 0 atom stereocenters. The molecule has 3 aromatic rings. The van der Waals surface area contributed by atoms with E-state index < -0.39 is 28.3 Å². The van der Waals surface area contributed by atoms with Crippen molar-refractivity contribution in [1.82, 2.24) is 9.73 Å². The van der Waals surface area contributed by atoms with Crippen LogP contribution < -0.4 is 5.43 Å². The number of carbonyl (C=O) groups excluding carboxylic acids is 1. The minimum absolute atomic E-state index is 0.0234. The van der Waals surface area contributed by atoms with Crippen molar-refractivity contribution < 1.29 is 17.6 Å². The highest BCUT2D eigenvalue weighted by atomic mass is 79.9. The van der Waals surface area contributed by atoms with Crippen molar-refractivity contribution in [2.45, 2.75) is 11.4 Å². The number of amides is 1. The predicted molar refractivity (Wildman–Crippen MR) is 120 cm³/mol. The topological polar surface area (TPSA) is 78.8 Å². The van der Waals surface area contributed by atoms with E-state index in [0.29, 0.717) is 5.56 Å². The molecule has 0 saturated carbocycles. The first-order valence-electron chi connectivity index (χ1n) is 9.22. The van der Waals surface area contributed by atoms with E-state index in [4.69, 9.17) is 0 Å². The molecular formula is C22H19BrFN3O3S. The normalized spacial score (nSPS) is 11.7. The summed E-state index contributed by atoms with van der Waals surface area (Å²) in [4.78, 5) is 12.3. The number of nitrogens with zero attached hydrogens (tertiary/aromatic N) is 2. The second kappa shape index (κ2) is 10.4. The Morgan fingerprint density at radius 3 is 2.29 bits per heavy atom. The number of nitrogens with one attached hydrogen (secondary N) is 1. The molecule has 160 valence electrons. The fourth-order valence-electron chi connectivity index (χ4n) is 2.69. The standard InChI is InChI=1S/C22H19BrFN3O3S/c23-19-8-6-17(7-9-19)14-25-26-22(28)16-27(15-18-4-2-1-3-5-18)31(29,30)21-12-10-20(24)11-13-21/h1-14H,15-16H2,(H,26,28)/b25-14-. The molecular weight excluding hydrogens is 485 g/mol. The van der Waals surface area contributed by atoms with Crippen LogP contribution in [0.5, 0.6) is 0 Å². The zero-order valence-corrected chi connectivity index (χ0v) is 18.7. The van der Waals surface area contributed by atoms with Crippen LogP contribution in [0.4, 0.5) is 4.39 Å². The predicted octanol–water partition coefficient (Wildman–Crippen LogP) is 3.93. The molecule has 3 rings (SSSR count). The van der Waals surface area contributed by atoms with Crippen molar-refractivity contribution in [2.75, 3.05) is 6.54 Å². The molecule has 0 aliphatic carbocycles. The van der Waals surface area contributed by atoms with Crippen LogP contribution in [0.1, 0.15) is 11.1 Å². The maximum Gasteiger partial charge on any atom is 0.255 e. The molecule has 31 heavy (non-hydrogen) atoms. The maximum atomic E-state index is 13.2. The molecule has 0 aliphatic heterocycles. The van der Waals surface area contributed by atoms with Gasteiger partial charge < -0.3 is 0 Å². The average Bonchev–Trinajstić information content (AvgIpc) is 2.76. The van der Waals surface area contributed by atoms with Crippen LogP contribution in [0.15, 0.2) is 93.3 Å². The van der Waals surface area contributed by atoms with Crippen LogP contribution in [-0.2, 0) is 21.4 Å². The van der Waals surface area contributed by atoms with E-state index in [1.54, 1.807) is 36.4 Å². The first kappa shape index (κ1) is 22.8. The summed E-state index contributed by atoms with van der Waals surface area (Å²) >= 11 is 3.34. The van der Waals surface area contributed by atoms with Gasteiger partial charge in [-0.3, -0.25) is 4.79 Å². The summed E-state index contributed by atoms with van der Waals surface area (Å²) < 4.78 is 41.4. The third kappa shape index (κ3) is 6.55. The molecule has 0 heterocycles. The van der Waals surface area contributed by atoms with Crippen LogP contribution in [-0.4, -0.2) is 31.4 Å². The number of sulfonamides is 1. The Bertz CT molecular complexity index is 1150. The van der Waals surface area contributed by atoms with Crippen molar-refractivity contribution in [2.24, 2.45) is 5.10 Å². The molecule has 0 spiro atoms. The first-order chi connectivity index (χ1) is 14.8. The number of carbonyl (C=O) groups is 1. The Labute approximate surface area is 188 Å². The lowest BCUT2D eigenvalue weighted by Crippen LogP contribution is -2.39. The number of rotatable bonds is 8. The number of hydrogen-bond donors (Lipinski definition) is 1. The van der Waals surface area contributed by atoms with Crippen LogP contribution in [0.3, 0.4) is 0 Å². The van der Waals surface area contributed by atoms with Gasteiger partial charge in [0.2, 0.25) is 10.0 Å². The number of halogens is 2. The second-order valence-electron chi connectivity index (χ2n) is 6.56. The molecule has 9 heteroatoms. The SMILES string of the molecule is O=C(CN(Cc1ccccc1)S(=O)(=O)c1ccc(F)cc1)N/N=C\c1ccc(Br)cc1. The quantitative estimate of drug-likeness (QED) is 0.373. The lowest BCUT2D eigenvalue weighted by atomic mass is 10.2. The Hall–Kier alpha value is -2.88. The summed E-state index contributed by atoms with van der Waals surface area (Å²) in [5.41, 5.74) is 3.82. The zero-order valence-electron chi connectivity index (χ0n) is 16.3. The maximum absolute atomic E-state index is 13.2. The molecule has 0 unspecified atom stereocenters. The lowest BCUT2D eigenvalue weighted by molar-refractivity contribution is -0.121. The summed E-state index contributed by atoms with van der Waals surface area (Å²) in [5, 5.41) is 3.89. The van der Waals surface area contributed by atoms with Gasteiger partial charge in [-0.25, -0.2) is 18.2 Å². The van der Waals surface area contributed by atoms with Crippen LogP contribution >= 0.6 is 15.9 Å². The van der Waals surface area contributed by atoms with Crippen molar-refractivity contribution in [3.05, 3.63) is 100 Å². The Kier molecular flexibility index (Phi) is 7.67. The minimum atomic E-state index is -4.04. The summed E-state index contributed by atoms with van der Waals surface area (Å²) in [6.07, 6.45) is 1.46. The van der Waals surface area contributed by atoms with Gasteiger partial charge in [0, 0.05) is 11.0 Å². The van der Waals surface area contributed by atoms with E-state index in [2.05, 4.69) is 26.5 Å². The first-order valence-corrected chi connectivity index (χ1v) is 11.4. The van der Waals surface area contributed by atoms with Gasteiger partial charge in [-0.05, 0) is 47.5 Å². The van der Waals surface area contributed by atoms with Gasteiger partial charge in [-0.15, -0.1) is 0 Å². The van der Waals surface area contributed by atoms with Gasteiger partial charge in [-0.1, -0.05) is 58.4 Å². The molecule has 1 N–H and O–H groups in total. The average molecular weight is 504 g/mol. The van der Waals surface area contributed by atoms with Crippen molar-refractivity contribution in [3.8, 4) is 0 Å². The molecule has 0 aliphatic rings. The smallest absolute Gasteiger partial charge is 0.255 e. The van der Waals surface area contributed by atoms with E-state index in [0.717, 1.165) is 26.5 Å². The van der Waals surface area contributed by atoms with Crippen LogP contribution in [0.25, 0.3) is 0 Å². The van der Waals surface area contributed by atoms with E-state index in [1.165, 1.54) is 18.3 Å². The highest BCUT2D eigenvalue weighted by molar-refractivity contribution is 9.10.